The van der Waals surface area contributed by atoms with Crippen LogP contribution in [0.25, 0.3) is 10.9 Å². The molecule has 1 saturated heterocycles. The minimum Gasteiger partial charge on any atom is -0.496 e. The van der Waals surface area contributed by atoms with Crippen LogP contribution in [0.15, 0.2) is 36.5 Å². The predicted molar refractivity (Wildman–Crippen MR) is 116 cm³/mol. The lowest BCUT2D eigenvalue weighted by atomic mass is 10.1. The molecule has 2 heterocycles. The molecule has 33 heavy (non-hydrogen) atoms. The summed E-state index contributed by atoms with van der Waals surface area (Å²) in [5, 5.41) is 2.45. The fourth-order valence-corrected chi connectivity index (χ4v) is 3.53. The van der Waals surface area contributed by atoms with Gasteiger partial charge in [0.25, 0.3) is 11.8 Å². The van der Waals surface area contributed by atoms with Crippen molar-refractivity contribution in [2.75, 3.05) is 25.5 Å². The average molecular weight is 480 g/mol. The minimum atomic E-state index is -2.88. The van der Waals surface area contributed by atoms with Gasteiger partial charge in [0.05, 0.1) is 31.3 Å². The summed E-state index contributed by atoms with van der Waals surface area (Å²) in [4.78, 5) is 17.0. The SMILES string of the molecule is COc1cc2nccc(Oc3cc(F)c(NC(=S)N4CC(F)(F)C4)c(F)c3)c2cc1C(N)=O. The van der Waals surface area contributed by atoms with Gasteiger partial charge in [-0.3, -0.25) is 9.78 Å². The van der Waals surface area contributed by atoms with Gasteiger partial charge in [0.2, 0.25) is 0 Å². The summed E-state index contributed by atoms with van der Waals surface area (Å²) in [5.41, 5.74) is 5.26. The van der Waals surface area contributed by atoms with E-state index in [-0.39, 0.29) is 27.9 Å². The Bertz CT molecular complexity index is 1260. The van der Waals surface area contributed by atoms with Crippen LogP contribution in [0.3, 0.4) is 0 Å². The molecule has 3 aromatic rings. The highest BCUT2D eigenvalue weighted by atomic mass is 32.1. The smallest absolute Gasteiger partial charge is 0.282 e. The molecular weight excluding hydrogens is 464 g/mol. The highest BCUT2D eigenvalue weighted by molar-refractivity contribution is 7.80. The summed E-state index contributed by atoms with van der Waals surface area (Å²) in [6.07, 6.45) is 1.41. The molecule has 0 aliphatic carbocycles. The number of alkyl halides is 2. The van der Waals surface area contributed by atoms with Crippen molar-refractivity contribution in [2.45, 2.75) is 5.92 Å². The summed E-state index contributed by atoms with van der Waals surface area (Å²) >= 11 is 4.94. The number of pyridine rings is 1. The van der Waals surface area contributed by atoms with Gasteiger partial charge in [0.1, 0.15) is 22.9 Å². The van der Waals surface area contributed by atoms with Crippen LogP contribution in [-0.2, 0) is 0 Å². The molecule has 1 aromatic heterocycles. The Morgan fingerprint density at radius 2 is 1.85 bits per heavy atom. The van der Waals surface area contributed by atoms with E-state index in [9.17, 15) is 22.4 Å². The van der Waals surface area contributed by atoms with Crippen molar-refractivity contribution in [2.24, 2.45) is 5.73 Å². The van der Waals surface area contributed by atoms with Crippen molar-refractivity contribution < 1.29 is 31.8 Å². The number of rotatable bonds is 5. The molecule has 7 nitrogen and oxygen atoms in total. The second-order valence-electron chi connectivity index (χ2n) is 7.25. The minimum absolute atomic E-state index is 0.0739. The fourth-order valence-electron chi connectivity index (χ4n) is 3.30. The normalized spacial score (nSPS) is 14.5. The number of thiocarbonyl (C=S) groups is 1. The van der Waals surface area contributed by atoms with E-state index in [1.54, 1.807) is 0 Å². The van der Waals surface area contributed by atoms with E-state index in [2.05, 4.69) is 10.3 Å². The lowest BCUT2D eigenvalue weighted by Gasteiger charge is -2.40. The molecule has 2 aromatic carbocycles. The van der Waals surface area contributed by atoms with Crippen molar-refractivity contribution >= 4 is 39.8 Å². The van der Waals surface area contributed by atoms with Crippen molar-refractivity contribution in [1.82, 2.24) is 9.88 Å². The van der Waals surface area contributed by atoms with Gasteiger partial charge in [-0.05, 0) is 24.4 Å². The van der Waals surface area contributed by atoms with Gasteiger partial charge in [0, 0.05) is 29.8 Å². The first kappa shape index (κ1) is 22.5. The van der Waals surface area contributed by atoms with Gasteiger partial charge in [-0.2, -0.15) is 0 Å². The number of carbonyl (C=O) groups is 1. The van der Waals surface area contributed by atoms with E-state index in [1.165, 1.54) is 31.5 Å². The Morgan fingerprint density at radius 3 is 2.42 bits per heavy atom. The first-order valence-electron chi connectivity index (χ1n) is 9.45. The largest absolute Gasteiger partial charge is 0.496 e. The number of ether oxygens (including phenoxy) is 2. The van der Waals surface area contributed by atoms with Crippen molar-refractivity contribution in [3.05, 3.63) is 53.7 Å². The Hall–Kier alpha value is -3.67. The Morgan fingerprint density at radius 1 is 1.18 bits per heavy atom. The molecule has 0 bridgehead atoms. The van der Waals surface area contributed by atoms with Crippen molar-refractivity contribution in [1.29, 1.82) is 0 Å². The number of primary amides is 1. The summed E-state index contributed by atoms with van der Waals surface area (Å²) in [6, 6.07) is 6.15. The van der Waals surface area contributed by atoms with Crippen LogP contribution < -0.4 is 20.5 Å². The highest BCUT2D eigenvalue weighted by Gasteiger charge is 2.45. The molecule has 12 heteroatoms. The molecular formula is C21H16F4N4O3S. The van der Waals surface area contributed by atoms with Crippen LogP contribution in [0.2, 0.25) is 0 Å². The first-order chi connectivity index (χ1) is 15.6. The van der Waals surface area contributed by atoms with E-state index < -0.39 is 42.2 Å². The average Bonchev–Trinajstić information content (AvgIpc) is 2.73. The van der Waals surface area contributed by atoms with Crippen LogP contribution in [0.5, 0.6) is 17.2 Å². The molecule has 4 rings (SSSR count). The number of likely N-dealkylation sites (tertiary alicyclic amines) is 1. The molecule has 172 valence electrons. The number of carbonyl (C=O) groups excluding carboxylic acids is 1. The highest BCUT2D eigenvalue weighted by Crippen LogP contribution is 2.35. The number of aromatic nitrogens is 1. The van der Waals surface area contributed by atoms with Gasteiger partial charge >= 0.3 is 0 Å². The number of fused-ring (bicyclic) bond motifs is 1. The molecule has 0 saturated carbocycles. The molecule has 1 aliphatic rings. The van der Waals surface area contributed by atoms with E-state index in [0.29, 0.717) is 10.9 Å². The molecule has 0 spiro atoms. The summed E-state index contributed by atoms with van der Waals surface area (Å²) in [7, 11) is 1.37. The third kappa shape index (κ3) is 4.46. The number of halogens is 4. The van der Waals surface area contributed by atoms with Gasteiger partial charge in [-0.25, -0.2) is 17.6 Å². The summed E-state index contributed by atoms with van der Waals surface area (Å²) in [6.45, 7) is -1.26. The van der Waals surface area contributed by atoms with E-state index in [4.69, 9.17) is 27.4 Å². The zero-order chi connectivity index (χ0) is 23.9. The lowest BCUT2D eigenvalue weighted by molar-refractivity contribution is -0.0999. The number of hydrogen-bond acceptors (Lipinski definition) is 5. The monoisotopic (exact) mass is 480 g/mol. The van der Waals surface area contributed by atoms with Crippen LogP contribution in [0.4, 0.5) is 23.2 Å². The molecule has 0 atom stereocenters. The topological polar surface area (TPSA) is 89.7 Å². The van der Waals surface area contributed by atoms with Gasteiger partial charge in [-0.15, -0.1) is 0 Å². The Balaban J connectivity index is 1.61. The number of nitrogens with zero attached hydrogens (tertiary/aromatic N) is 2. The maximum atomic E-state index is 14.6. The number of nitrogens with two attached hydrogens (primary N) is 1. The Kier molecular flexibility index (Phi) is 5.70. The Labute approximate surface area is 190 Å². The van der Waals surface area contributed by atoms with Gasteiger partial charge in [-0.1, -0.05) is 0 Å². The summed E-state index contributed by atoms with van der Waals surface area (Å²) < 4.78 is 66.0. The fraction of sp³-hybridized carbons (Fsp3) is 0.190. The molecule has 1 amide bonds. The van der Waals surface area contributed by atoms with Crippen LogP contribution >= 0.6 is 12.2 Å². The molecule has 0 unspecified atom stereocenters. The number of anilines is 1. The molecule has 0 radical (unpaired) electrons. The summed E-state index contributed by atoms with van der Waals surface area (Å²) in [5.74, 6) is -5.54. The van der Waals surface area contributed by atoms with Crippen molar-refractivity contribution in [3.8, 4) is 17.2 Å². The van der Waals surface area contributed by atoms with Crippen molar-refractivity contribution in [3.63, 3.8) is 0 Å². The van der Waals surface area contributed by atoms with E-state index >= 15 is 0 Å². The zero-order valence-corrected chi connectivity index (χ0v) is 17.8. The quantitative estimate of drug-likeness (QED) is 0.421. The number of nitrogens with one attached hydrogen (secondary N) is 1. The standard InChI is InChI=1S/C21H16F4N4O3S/c1-31-17-7-15-11(6-12(17)19(26)30)16(2-3-27-15)32-10-4-13(22)18(14(23)5-10)28-20(33)29-8-21(24,25)9-29/h2-7H,8-9H2,1H3,(H2,26,30)(H,28,33). The zero-order valence-electron chi connectivity index (χ0n) is 17.0. The second-order valence-corrected chi connectivity index (χ2v) is 7.64. The number of hydrogen-bond donors (Lipinski definition) is 2. The van der Waals surface area contributed by atoms with Crippen LogP contribution in [-0.4, -0.2) is 47.0 Å². The van der Waals surface area contributed by atoms with E-state index in [0.717, 1.165) is 17.0 Å². The van der Waals surface area contributed by atoms with Crippen LogP contribution in [0, 0.1) is 11.6 Å². The van der Waals surface area contributed by atoms with Gasteiger partial charge < -0.3 is 25.4 Å². The third-order valence-electron chi connectivity index (χ3n) is 4.90. The third-order valence-corrected chi connectivity index (χ3v) is 5.26. The number of amides is 1. The van der Waals surface area contributed by atoms with Crippen LogP contribution in [0.1, 0.15) is 10.4 Å². The maximum Gasteiger partial charge on any atom is 0.282 e. The van der Waals surface area contributed by atoms with Gasteiger partial charge in [0.15, 0.2) is 16.7 Å². The molecule has 1 aliphatic heterocycles. The molecule has 3 N–H and O–H groups in total. The van der Waals surface area contributed by atoms with E-state index in [1.807, 2.05) is 0 Å². The number of benzene rings is 2. The predicted octanol–water partition coefficient (Wildman–Crippen LogP) is 4.06. The second kappa shape index (κ2) is 8.35. The first-order valence-corrected chi connectivity index (χ1v) is 9.86. The number of methoxy groups -OCH3 is 1. The molecule has 1 fully saturated rings. The maximum absolute atomic E-state index is 14.6. The lowest BCUT2D eigenvalue weighted by Crippen LogP contribution is -2.59.